The lowest BCUT2D eigenvalue weighted by atomic mass is 9.90. The summed E-state index contributed by atoms with van der Waals surface area (Å²) in [6.07, 6.45) is 0. The number of nitrogens with zero attached hydrogens (tertiary/aromatic N) is 1. The van der Waals surface area contributed by atoms with Gasteiger partial charge in [0.25, 0.3) is 0 Å². The molecule has 4 heterocycles. The van der Waals surface area contributed by atoms with Crippen molar-refractivity contribution in [2.75, 3.05) is 0 Å². The van der Waals surface area contributed by atoms with Gasteiger partial charge < -0.3 is 4.40 Å². The van der Waals surface area contributed by atoms with Crippen molar-refractivity contribution in [1.82, 2.24) is 4.40 Å². The first-order valence-electron chi connectivity index (χ1n) is 18.2. The van der Waals surface area contributed by atoms with E-state index in [9.17, 15) is 0 Å². The molecule has 0 aliphatic rings. The molecule has 53 heavy (non-hydrogen) atoms. The fourth-order valence-electron chi connectivity index (χ4n) is 9.57. The van der Waals surface area contributed by atoms with Crippen LogP contribution in [0.25, 0.3) is 122 Å². The van der Waals surface area contributed by atoms with Gasteiger partial charge in [-0.15, -0.1) is 22.7 Å². The molecule has 9 aromatic carbocycles. The van der Waals surface area contributed by atoms with E-state index in [-0.39, 0.29) is 0 Å². The molecule has 0 atom stereocenters. The van der Waals surface area contributed by atoms with Crippen molar-refractivity contribution in [2.24, 2.45) is 0 Å². The van der Waals surface area contributed by atoms with Crippen LogP contribution in [0, 0.1) is 0 Å². The van der Waals surface area contributed by atoms with E-state index in [0.29, 0.717) is 0 Å². The third kappa shape index (κ3) is 3.61. The molecule has 3 heteroatoms. The molecule has 0 radical (unpaired) electrons. The number of rotatable bonds is 2. The Morgan fingerprint density at radius 2 is 0.736 bits per heavy atom. The van der Waals surface area contributed by atoms with Crippen LogP contribution in [0.15, 0.2) is 164 Å². The second kappa shape index (κ2) is 10.2. The molecule has 0 aliphatic heterocycles. The van der Waals surface area contributed by atoms with Crippen LogP contribution in [-0.4, -0.2) is 4.40 Å². The van der Waals surface area contributed by atoms with Crippen LogP contribution in [-0.2, 0) is 0 Å². The molecule has 0 fully saturated rings. The van der Waals surface area contributed by atoms with Crippen LogP contribution < -0.4 is 0 Å². The Labute approximate surface area is 311 Å². The van der Waals surface area contributed by atoms with E-state index in [1.807, 2.05) is 22.7 Å². The first-order valence-corrected chi connectivity index (χ1v) is 19.8. The van der Waals surface area contributed by atoms with Gasteiger partial charge in [0.1, 0.15) is 0 Å². The smallest absolute Gasteiger partial charge is 0.0620 e. The van der Waals surface area contributed by atoms with Gasteiger partial charge in [-0.25, -0.2) is 0 Å². The molecule has 0 unspecified atom stereocenters. The van der Waals surface area contributed by atoms with Crippen molar-refractivity contribution in [3.05, 3.63) is 164 Å². The van der Waals surface area contributed by atoms with E-state index in [4.69, 9.17) is 0 Å². The molecule has 0 saturated carbocycles. The zero-order valence-electron chi connectivity index (χ0n) is 28.4. The van der Waals surface area contributed by atoms with Gasteiger partial charge in [-0.2, -0.15) is 0 Å². The summed E-state index contributed by atoms with van der Waals surface area (Å²) in [5.74, 6) is 0. The molecule has 0 saturated heterocycles. The zero-order chi connectivity index (χ0) is 34.4. The van der Waals surface area contributed by atoms with Gasteiger partial charge in [0.2, 0.25) is 0 Å². The highest BCUT2D eigenvalue weighted by atomic mass is 32.1. The van der Waals surface area contributed by atoms with Crippen molar-refractivity contribution in [3.8, 4) is 22.3 Å². The quantitative estimate of drug-likeness (QED) is 0.169. The van der Waals surface area contributed by atoms with Gasteiger partial charge in [0.05, 0.1) is 16.6 Å². The van der Waals surface area contributed by atoms with Crippen LogP contribution in [0.5, 0.6) is 0 Å². The highest BCUT2D eigenvalue weighted by Crippen LogP contribution is 2.52. The number of fused-ring (bicyclic) bond motifs is 14. The average molecular weight is 706 g/mol. The molecule has 13 rings (SSSR count). The lowest BCUT2D eigenvalue weighted by Crippen LogP contribution is -1.89. The number of aromatic nitrogens is 1. The highest BCUT2D eigenvalue weighted by Gasteiger charge is 2.26. The summed E-state index contributed by atoms with van der Waals surface area (Å²) in [4.78, 5) is 0. The molecule has 4 aromatic heterocycles. The minimum absolute atomic E-state index is 1.26. The molecule has 244 valence electrons. The number of thiophene rings is 2. The normalized spacial score (nSPS) is 12.5. The number of hydrogen-bond donors (Lipinski definition) is 0. The summed E-state index contributed by atoms with van der Waals surface area (Å²) in [5.41, 5.74) is 9.11. The summed E-state index contributed by atoms with van der Waals surface area (Å²) in [5, 5.41) is 15.7. The maximum absolute atomic E-state index is 2.59. The SMILES string of the molecule is c1ccc2c(-c3cccc4c3sc3ccccc34)c3c4cccc5c6c(-c7cccc8c7sc7ccccc78)c7ccccc7cc6n(c3cc2c1)c45. The van der Waals surface area contributed by atoms with Crippen molar-refractivity contribution in [2.45, 2.75) is 0 Å². The number of hydrogen-bond acceptors (Lipinski definition) is 2. The van der Waals surface area contributed by atoms with Crippen LogP contribution in [0.2, 0.25) is 0 Å². The Kier molecular flexibility index (Phi) is 5.45. The largest absolute Gasteiger partial charge is 0.308 e. The van der Waals surface area contributed by atoms with Crippen LogP contribution in [0.1, 0.15) is 0 Å². The Morgan fingerprint density at radius 1 is 0.340 bits per heavy atom. The van der Waals surface area contributed by atoms with E-state index >= 15 is 0 Å². The maximum atomic E-state index is 2.59. The molecule has 0 N–H and O–H groups in total. The maximum Gasteiger partial charge on any atom is 0.0620 e. The number of para-hydroxylation sites is 1. The summed E-state index contributed by atoms with van der Waals surface area (Å²) in [6.45, 7) is 0. The van der Waals surface area contributed by atoms with Gasteiger partial charge in [0, 0.05) is 84.1 Å². The monoisotopic (exact) mass is 705 g/mol. The molecular weight excluding hydrogens is 679 g/mol. The molecule has 1 nitrogen and oxygen atoms in total. The summed E-state index contributed by atoms with van der Waals surface area (Å²) in [6, 6.07) is 61.4. The van der Waals surface area contributed by atoms with Crippen molar-refractivity contribution in [3.63, 3.8) is 0 Å². The van der Waals surface area contributed by atoms with Crippen LogP contribution in [0.3, 0.4) is 0 Å². The summed E-state index contributed by atoms with van der Waals surface area (Å²) >= 11 is 3.83. The molecule has 0 spiro atoms. The minimum atomic E-state index is 1.26. The standard InChI is InChI=1S/C50H27NS2/c1-3-14-30-28(12-1)26-40-46(44(30)38-22-9-18-34-32-16-5-7-24-42(32)52-49(34)38)36-20-11-21-37-47-41(51(40)48(36)37)27-29-13-2-4-15-31(29)45(47)39-23-10-19-35-33-17-6-8-25-43(33)53-50(35)39/h1-27H. The van der Waals surface area contributed by atoms with E-state index in [0.717, 1.165) is 0 Å². The van der Waals surface area contributed by atoms with E-state index in [1.165, 1.54) is 122 Å². The lowest BCUT2D eigenvalue weighted by molar-refractivity contribution is 1.38. The van der Waals surface area contributed by atoms with Crippen molar-refractivity contribution in [1.29, 1.82) is 0 Å². The van der Waals surface area contributed by atoms with Gasteiger partial charge in [-0.05, 0) is 45.8 Å². The van der Waals surface area contributed by atoms with Gasteiger partial charge in [-0.1, -0.05) is 140 Å². The van der Waals surface area contributed by atoms with Gasteiger partial charge >= 0.3 is 0 Å². The summed E-state index contributed by atoms with van der Waals surface area (Å²) in [7, 11) is 0. The third-order valence-electron chi connectivity index (χ3n) is 11.7. The Hall–Kier alpha value is -6.26. The zero-order valence-corrected chi connectivity index (χ0v) is 30.0. The van der Waals surface area contributed by atoms with Crippen LogP contribution in [0.4, 0.5) is 0 Å². The Balaban J connectivity index is 1.24. The highest BCUT2D eigenvalue weighted by molar-refractivity contribution is 7.26. The lowest BCUT2D eigenvalue weighted by Gasteiger charge is -2.14. The molecule has 0 aliphatic carbocycles. The van der Waals surface area contributed by atoms with Gasteiger partial charge in [0.15, 0.2) is 0 Å². The second-order valence-corrected chi connectivity index (χ2v) is 16.4. The van der Waals surface area contributed by atoms with Crippen molar-refractivity contribution >= 4 is 123 Å². The first-order chi connectivity index (χ1) is 26.3. The molecule has 0 amide bonds. The Morgan fingerprint density at radius 3 is 1.25 bits per heavy atom. The Bertz CT molecular complexity index is 3450. The second-order valence-electron chi connectivity index (χ2n) is 14.3. The first kappa shape index (κ1) is 28.3. The average Bonchev–Trinajstić information content (AvgIpc) is 3.96. The topological polar surface area (TPSA) is 4.41 Å². The third-order valence-corrected chi connectivity index (χ3v) is 14.1. The van der Waals surface area contributed by atoms with E-state index in [2.05, 4.69) is 168 Å². The predicted molar refractivity (Wildman–Crippen MR) is 233 cm³/mol. The minimum Gasteiger partial charge on any atom is -0.308 e. The van der Waals surface area contributed by atoms with E-state index in [1.54, 1.807) is 0 Å². The number of benzene rings is 9. The molecule has 0 bridgehead atoms. The molecular formula is C50H27NS2. The van der Waals surface area contributed by atoms with Gasteiger partial charge in [-0.3, -0.25) is 0 Å². The summed E-state index contributed by atoms with van der Waals surface area (Å²) < 4.78 is 7.96. The predicted octanol–water partition coefficient (Wildman–Crippen LogP) is 15.2. The van der Waals surface area contributed by atoms with Crippen LogP contribution >= 0.6 is 22.7 Å². The fourth-order valence-corrected chi connectivity index (χ4v) is 12.0. The molecule has 13 aromatic rings. The fraction of sp³-hybridized carbons (Fsp3) is 0. The van der Waals surface area contributed by atoms with Crippen molar-refractivity contribution < 1.29 is 0 Å². The van der Waals surface area contributed by atoms with E-state index < -0.39 is 0 Å².